The van der Waals surface area contributed by atoms with Gasteiger partial charge in [0.05, 0.1) is 10.6 Å². The Labute approximate surface area is 170 Å². The van der Waals surface area contributed by atoms with Crippen molar-refractivity contribution in [2.24, 2.45) is 0 Å². The van der Waals surface area contributed by atoms with Crippen LogP contribution < -0.4 is 10.6 Å². The number of amides is 1. The molecule has 1 heterocycles. The van der Waals surface area contributed by atoms with Crippen LogP contribution in [-0.4, -0.2) is 25.6 Å². The Bertz CT molecular complexity index is 1130. The summed E-state index contributed by atoms with van der Waals surface area (Å²) in [6, 6.07) is 8.61. The predicted molar refractivity (Wildman–Crippen MR) is 108 cm³/mol. The molecule has 2 aromatic carbocycles. The molecule has 0 bridgehead atoms. The van der Waals surface area contributed by atoms with Gasteiger partial charge < -0.3 is 5.32 Å². The maximum atomic E-state index is 14.2. The SMILES string of the molecule is CC(Nc1ccc(F)cc1F)(C(=O)Nc1nccs1)c1ccc(S(C)(=O)=O)cc1. The predicted octanol–water partition coefficient (Wildman–Crippen LogP) is 3.79. The Morgan fingerprint density at radius 3 is 2.38 bits per heavy atom. The molecule has 3 aromatic rings. The van der Waals surface area contributed by atoms with Crippen LogP contribution in [-0.2, 0) is 20.2 Å². The average Bonchev–Trinajstić information content (AvgIpc) is 3.16. The van der Waals surface area contributed by atoms with Gasteiger partial charge in [-0.1, -0.05) is 12.1 Å². The molecule has 152 valence electrons. The normalized spacial score (nSPS) is 13.5. The Balaban J connectivity index is 2.03. The summed E-state index contributed by atoms with van der Waals surface area (Å²) < 4.78 is 50.9. The molecule has 0 saturated carbocycles. The van der Waals surface area contributed by atoms with E-state index >= 15 is 0 Å². The number of aromatic nitrogens is 1. The number of benzene rings is 2. The van der Waals surface area contributed by atoms with E-state index in [1.807, 2.05) is 0 Å². The van der Waals surface area contributed by atoms with Gasteiger partial charge in [-0.15, -0.1) is 11.3 Å². The molecule has 0 saturated heterocycles. The third-order valence-corrected chi connectivity index (χ3v) is 6.10. The summed E-state index contributed by atoms with van der Waals surface area (Å²) in [5.74, 6) is -2.17. The monoisotopic (exact) mass is 437 g/mol. The highest BCUT2D eigenvalue weighted by molar-refractivity contribution is 7.90. The van der Waals surface area contributed by atoms with E-state index in [2.05, 4.69) is 15.6 Å². The molecule has 2 N–H and O–H groups in total. The number of thiazole rings is 1. The minimum Gasteiger partial charge on any atom is -0.365 e. The summed E-state index contributed by atoms with van der Waals surface area (Å²) in [5, 5.41) is 7.48. The minimum atomic E-state index is -3.43. The standard InChI is InChI=1S/C19H17F2N3O3S2/c1-19(17(25)23-18-22-9-10-28-18,24-16-8-5-13(20)11-15(16)21)12-3-6-14(7-4-12)29(2,26)27/h3-11,24H,1-2H3,(H,22,23,25). The number of sulfone groups is 1. The van der Waals surface area contributed by atoms with E-state index in [9.17, 15) is 22.0 Å². The lowest BCUT2D eigenvalue weighted by molar-refractivity contribution is -0.120. The number of nitrogens with zero attached hydrogens (tertiary/aromatic N) is 1. The lowest BCUT2D eigenvalue weighted by atomic mass is 9.90. The zero-order valence-electron chi connectivity index (χ0n) is 15.4. The molecule has 0 aliphatic heterocycles. The molecular weight excluding hydrogens is 420 g/mol. The van der Waals surface area contributed by atoms with Crippen molar-refractivity contribution in [2.45, 2.75) is 17.4 Å². The van der Waals surface area contributed by atoms with Gasteiger partial charge in [0.1, 0.15) is 17.2 Å². The molecule has 1 amide bonds. The fraction of sp³-hybridized carbons (Fsp3) is 0.158. The number of hydrogen-bond donors (Lipinski definition) is 2. The van der Waals surface area contributed by atoms with E-state index in [0.717, 1.165) is 12.3 Å². The van der Waals surface area contributed by atoms with Crippen LogP contribution in [0.5, 0.6) is 0 Å². The summed E-state index contributed by atoms with van der Waals surface area (Å²) in [7, 11) is -3.43. The number of hydrogen-bond acceptors (Lipinski definition) is 6. The molecular formula is C19H17F2N3O3S2. The Morgan fingerprint density at radius 1 is 1.14 bits per heavy atom. The second-order valence-corrected chi connectivity index (χ2v) is 9.37. The second-order valence-electron chi connectivity index (χ2n) is 6.46. The quantitative estimate of drug-likeness (QED) is 0.613. The first kappa shape index (κ1) is 20.9. The van der Waals surface area contributed by atoms with Gasteiger partial charge in [0.15, 0.2) is 15.0 Å². The molecule has 29 heavy (non-hydrogen) atoms. The van der Waals surface area contributed by atoms with Gasteiger partial charge >= 0.3 is 0 Å². The maximum absolute atomic E-state index is 14.2. The summed E-state index contributed by atoms with van der Waals surface area (Å²) in [4.78, 5) is 17.2. The second kappa shape index (κ2) is 7.88. The topological polar surface area (TPSA) is 88.2 Å². The van der Waals surface area contributed by atoms with Crippen molar-refractivity contribution in [3.63, 3.8) is 0 Å². The average molecular weight is 437 g/mol. The first-order valence-corrected chi connectivity index (χ1v) is 11.1. The molecule has 0 aliphatic rings. The number of halogens is 2. The first-order valence-electron chi connectivity index (χ1n) is 8.34. The summed E-state index contributed by atoms with van der Waals surface area (Å²) in [6.07, 6.45) is 2.59. The van der Waals surface area contributed by atoms with E-state index in [1.165, 1.54) is 54.8 Å². The number of carbonyl (C=O) groups excluding carboxylic acids is 1. The Kier molecular flexibility index (Phi) is 5.67. The Hall–Kier alpha value is -2.85. The van der Waals surface area contributed by atoms with Crippen LogP contribution in [0.25, 0.3) is 0 Å². The highest BCUT2D eigenvalue weighted by Crippen LogP contribution is 2.30. The van der Waals surface area contributed by atoms with E-state index < -0.39 is 32.9 Å². The van der Waals surface area contributed by atoms with E-state index in [0.29, 0.717) is 16.8 Å². The largest absolute Gasteiger partial charge is 0.365 e. The lowest BCUT2D eigenvalue weighted by Crippen LogP contribution is -2.44. The van der Waals surface area contributed by atoms with Crippen molar-refractivity contribution in [1.82, 2.24) is 4.98 Å². The molecule has 0 radical (unpaired) electrons. The van der Waals surface area contributed by atoms with Crippen LogP contribution in [0.4, 0.5) is 19.6 Å². The third kappa shape index (κ3) is 4.60. The van der Waals surface area contributed by atoms with Crippen molar-refractivity contribution < 1.29 is 22.0 Å². The van der Waals surface area contributed by atoms with E-state index in [1.54, 1.807) is 5.38 Å². The minimum absolute atomic E-state index is 0.0805. The van der Waals surface area contributed by atoms with E-state index in [4.69, 9.17) is 0 Å². The number of carbonyl (C=O) groups is 1. The molecule has 0 aliphatic carbocycles. The third-order valence-electron chi connectivity index (χ3n) is 4.28. The highest BCUT2D eigenvalue weighted by atomic mass is 32.2. The van der Waals surface area contributed by atoms with Crippen molar-refractivity contribution in [3.8, 4) is 0 Å². The summed E-state index contributed by atoms with van der Waals surface area (Å²) >= 11 is 1.21. The fourth-order valence-electron chi connectivity index (χ4n) is 2.66. The van der Waals surface area contributed by atoms with Gasteiger partial charge in [0.2, 0.25) is 0 Å². The first-order chi connectivity index (χ1) is 13.6. The summed E-state index contributed by atoms with van der Waals surface area (Å²) in [5.41, 5.74) is -1.22. The van der Waals surface area contributed by atoms with Gasteiger partial charge in [-0.3, -0.25) is 10.1 Å². The van der Waals surface area contributed by atoms with Gasteiger partial charge in [-0.05, 0) is 36.8 Å². The zero-order chi connectivity index (χ0) is 21.2. The van der Waals surface area contributed by atoms with Crippen molar-refractivity contribution in [1.29, 1.82) is 0 Å². The number of rotatable bonds is 6. The summed E-state index contributed by atoms with van der Waals surface area (Å²) in [6.45, 7) is 1.51. The van der Waals surface area contributed by atoms with Crippen LogP contribution in [0.15, 0.2) is 58.9 Å². The molecule has 0 fully saturated rings. The van der Waals surface area contributed by atoms with Crippen LogP contribution in [0.3, 0.4) is 0 Å². The molecule has 1 unspecified atom stereocenters. The van der Waals surface area contributed by atoms with Crippen molar-refractivity contribution >= 4 is 37.9 Å². The molecule has 6 nitrogen and oxygen atoms in total. The Morgan fingerprint density at radius 2 is 1.83 bits per heavy atom. The van der Waals surface area contributed by atoms with Crippen LogP contribution in [0, 0.1) is 11.6 Å². The maximum Gasteiger partial charge on any atom is 0.256 e. The van der Waals surface area contributed by atoms with Crippen LogP contribution in [0.1, 0.15) is 12.5 Å². The number of anilines is 2. The fourth-order valence-corrected chi connectivity index (χ4v) is 3.82. The van der Waals surface area contributed by atoms with Gasteiger partial charge in [-0.25, -0.2) is 22.2 Å². The lowest BCUT2D eigenvalue weighted by Gasteiger charge is -2.31. The van der Waals surface area contributed by atoms with E-state index in [-0.39, 0.29) is 10.6 Å². The number of nitrogens with one attached hydrogen (secondary N) is 2. The van der Waals surface area contributed by atoms with Crippen molar-refractivity contribution in [2.75, 3.05) is 16.9 Å². The molecule has 10 heteroatoms. The van der Waals surface area contributed by atoms with Gasteiger partial charge in [-0.2, -0.15) is 0 Å². The molecule has 1 aromatic heterocycles. The smallest absolute Gasteiger partial charge is 0.256 e. The highest BCUT2D eigenvalue weighted by Gasteiger charge is 2.36. The van der Waals surface area contributed by atoms with Gasteiger partial charge in [0.25, 0.3) is 5.91 Å². The molecule has 1 atom stereocenters. The van der Waals surface area contributed by atoms with Crippen LogP contribution in [0.2, 0.25) is 0 Å². The van der Waals surface area contributed by atoms with Gasteiger partial charge in [0, 0.05) is 23.9 Å². The zero-order valence-corrected chi connectivity index (χ0v) is 17.1. The van der Waals surface area contributed by atoms with Crippen LogP contribution >= 0.6 is 11.3 Å². The molecule has 0 spiro atoms. The molecule has 3 rings (SSSR count). The van der Waals surface area contributed by atoms with Crippen molar-refractivity contribution in [3.05, 3.63) is 71.2 Å².